The molecule has 0 spiro atoms. The number of nitrogens with zero attached hydrogens (tertiary/aromatic N) is 4. The van der Waals surface area contributed by atoms with Crippen LogP contribution in [0.4, 0.5) is 11.5 Å². The van der Waals surface area contributed by atoms with Gasteiger partial charge in [-0.25, -0.2) is 4.98 Å². The van der Waals surface area contributed by atoms with Crippen molar-refractivity contribution in [2.45, 2.75) is 33.2 Å². The van der Waals surface area contributed by atoms with Crippen LogP contribution in [0, 0.1) is 0 Å². The molecular weight excluding hydrogens is 418 g/mol. The number of benzene rings is 1. The van der Waals surface area contributed by atoms with Crippen molar-refractivity contribution in [1.29, 1.82) is 0 Å². The van der Waals surface area contributed by atoms with E-state index in [0.29, 0.717) is 56.4 Å². The third-order valence-electron chi connectivity index (χ3n) is 5.63. The monoisotopic (exact) mass is 453 g/mol. The van der Waals surface area contributed by atoms with E-state index in [-0.39, 0.29) is 18.4 Å². The van der Waals surface area contributed by atoms with Crippen molar-refractivity contribution in [3.8, 4) is 0 Å². The van der Waals surface area contributed by atoms with Crippen molar-refractivity contribution >= 4 is 23.3 Å². The van der Waals surface area contributed by atoms with E-state index in [0.717, 1.165) is 17.9 Å². The molecule has 33 heavy (non-hydrogen) atoms. The van der Waals surface area contributed by atoms with Gasteiger partial charge in [0.05, 0.1) is 12.3 Å². The van der Waals surface area contributed by atoms with E-state index in [1.807, 2.05) is 24.0 Å². The Morgan fingerprint density at radius 3 is 2.33 bits per heavy atom. The highest BCUT2D eigenvalue weighted by atomic mass is 16.3. The van der Waals surface area contributed by atoms with Gasteiger partial charge >= 0.3 is 0 Å². The van der Waals surface area contributed by atoms with Crippen LogP contribution < -0.4 is 10.2 Å². The molecule has 0 saturated carbocycles. The number of piperazine rings is 1. The fourth-order valence-electron chi connectivity index (χ4n) is 4.02. The van der Waals surface area contributed by atoms with E-state index in [1.54, 1.807) is 35.4 Å². The van der Waals surface area contributed by atoms with Crippen molar-refractivity contribution in [1.82, 2.24) is 14.8 Å². The lowest BCUT2D eigenvalue weighted by Gasteiger charge is -2.36. The second-order valence-corrected chi connectivity index (χ2v) is 8.55. The zero-order valence-corrected chi connectivity index (χ0v) is 19.8. The molecule has 2 N–H and O–H groups in total. The lowest BCUT2D eigenvalue weighted by Crippen LogP contribution is -2.49. The Morgan fingerprint density at radius 2 is 1.73 bits per heavy atom. The van der Waals surface area contributed by atoms with E-state index in [9.17, 15) is 14.7 Å². The molecule has 2 heterocycles. The maximum atomic E-state index is 13.0. The second kappa shape index (κ2) is 11.7. The molecule has 1 aliphatic rings. The average molecular weight is 454 g/mol. The molecule has 8 heteroatoms. The summed E-state index contributed by atoms with van der Waals surface area (Å²) >= 11 is 0. The van der Waals surface area contributed by atoms with Gasteiger partial charge in [-0.3, -0.25) is 9.59 Å². The highest BCUT2D eigenvalue weighted by Gasteiger charge is 2.24. The van der Waals surface area contributed by atoms with Crippen molar-refractivity contribution in [2.24, 2.45) is 0 Å². The Kier molecular flexibility index (Phi) is 8.65. The van der Waals surface area contributed by atoms with Gasteiger partial charge in [0.2, 0.25) is 0 Å². The summed E-state index contributed by atoms with van der Waals surface area (Å²) in [4.78, 5) is 36.0. The quantitative estimate of drug-likeness (QED) is 0.607. The number of nitrogens with one attached hydrogen (secondary N) is 1. The summed E-state index contributed by atoms with van der Waals surface area (Å²) in [6.45, 7) is 9.66. The number of aliphatic hydroxyl groups excluding tert-OH is 1. The standard InChI is InChI=1S/C25H35N5O3/c1-4-12-29(17-18-31)24(32)20-7-9-21(10-8-20)25(33)30-15-13-28(14-16-30)23-22(27-19(2)3)6-5-11-26-23/h5-11,19,27,31H,4,12-18H2,1-3H3. The molecule has 8 nitrogen and oxygen atoms in total. The predicted molar refractivity (Wildman–Crippen MR) is 131 cm³/mol. The van der Waals surface area contributed by atoms with Crippen LogP contribution in [0.25, 0.3) is 0 Å². The summed E-state index contributed by atoms with van der Waals surface area (Å²) in [7, 11) is 0. The van der Waals surface area contributed by atoms with Gasteiger partial charge in [0.1, 0.15) is 0 Å². The van der Waals surface area contributed by atoms with E-state index in [4.69, 9.17) is 0 Å². The first-order valence-electron chi connectivity index (χ1n) is 11.7. The van der Waals surface area contributed by atoms with Crippen LogP contribution in [0.1, 0.15) is 47.9 Å². The van der Waals surface area contributed by atoms with Crippen LogP contribution in [0.3, 0.4) is 0 Å². The Hall–Kier alpha value is -3.13. The number of rotatable bonds is 9. The number of aromatic nitrogens is 1. The minimum atomic E-state index is -0.125. The molecule has 2 aromatic rings. The second-order valence-electron chi connectivity index (χ2n) is 8.55. The summed E-state index contributed by atoms with van der Waals surface area (Å²) in [5, 5.41) is 12.6. The number of carbonyl (C=O) groups excluding carboxylic acids is 2. The molecule has 0 atom stereocenters. The molecular formula is C25H35N5O3. The summed E-state index contributed by atoms with van der Waals surface area (Å²) in [5.41, 5.74) is 2.11. The van der Waals surface area contributed by atoms with Gasteiger partial charge in [-0.15, -0.1) is 0 Å². The normalized spacial score (nSPS) is 13.8. The molecule has 1 saturated heterocycles. The number of hydrogen-bond acceptors (Lipinski definition) is 6. The van der Waals surface area contributed by atoms with Crippen LogP contribution in [0.15, 0.2) is 42.6 Å². The molecule has 2 amide bonds. The van der Waals surface area contributed by atoms with Crippen LogP contribution >= 0.6 is 0 Å². The molecule has 0 unspecified atom stereocenters. The van der Waals surface area contributed by atoms with Crippen molar-refractivity contribution in [3.63, 3.8) is 0 Å². The highest BCUT2D eigenvalue weighted by molar-refractivity contribution is 5.98. The topological polar surface area (TPSA) is 89.0 Å². The van der Waals surface area contributed by atoms with Gasteiger partial charge in [0.15, 0.2) is 5.82 Å². The molecule has 0 aliphatic carbocycles. The van der Waals surface area contributed by atoms with Gasteiger partial charge in [-0.05, 0) is 56.7 Å². The first-order chi connectivity index (χ1) is 15.9. The van der Waals surface area contributed by atoms with Crippen LogP contribution in [-0.4, -0.2) is 83.6 Å². The fraction of sp³-hybridized carbons (Fsp3) is 0.480. The van der Waals surface area contributed by atoms with E-state index >= 15 is 0 Å². The molecule has 178 valence electrons. The highest BCUT2D eigenvalue weighted by Crippen LogP contribution is 2.25. The van der Waals surface area contributed by atoms with Gasteiger partial charge < -0.3 is 25.1 Å². The number of carbonyl (C=O) groups is 2. The third kappa shape index (κ3) is 6.22. The van der Waals surface area contributed by atoms with Gasteiger partial charge in [-0.2, -0.15) is 0 Å². The van der Waals surface area contributed by atoms with E-state index < -0.39 is 0 Å². The Labute approximate surface area is 196 Å². The molecule has 1 fully saturated rings. The SMILES string of the molecule is CCCN(CCO)C(=O)c1ccc(C(=O)N2CCN(c3ncccc3NC(C)C)CC2)cc1. The first kappa shape index (κ1) is 24.5. The smallest absolute Gasteiger partial charge is 0.253 e. The molecule has 3 rings (SSSR count). The molecule has 1 aromatic heterocycles. The van der Waals surface area contributed by atoms with Gasteiger partial charge in [-0.1, -0.05) is 6.92 Å². The number of amides is 2. The summed E-state index contributed by atoms with van der Waals surface area (Å²) < 4.78 is 0. The maximum absolute atomic E-state index is 13.0. The molecule has 0 bridgehead atoms. The maximum Gasteiger partial charge on any atom is 0.253 e. The summed E-state index contributed by atoms with van der Waals surface area (Å²) in [6, 6.07) is 11.1. The lowest BCUT2D eigenvalue weighted by molar-refractivity contribution is 0.0717. The zero-order chi connectivity index (χ0) is 23.8. The minimum Gasteiger partial charge on any atom is -0.395 e. The van der Waals surface area contributed by atoms with Crippen LogP contribution in [-0.2, 0) is 0 Å². The minimum absolute atomic E-state index is 0.0315. The Bertz CT molecular complexity index is 918. The number of hydrogen-bond donors (Lipinski definition) is 2. The van der Waals surface area contributed by atoms with Gasteiger partial charge in [0, 0.05) is 62.6 Å². The number of anilines is 2. The third-order valence-corrected chi connectivity index (χ3v) is 5.63. The number of aliphatic hydroxyl groups is 1. The van der Waals surface area contributed by atoms with E-state index in [2.05, 4.69) is 29.0 Å². The van der Waals surface area contributed by atoms with Crippen molar-refractivity contribution in [2.75, 3.05) is 56.1 Å². The van der Waals surface area contributed by atoms with Crippen molar-refractivity contribution in [3.05, 3.63) is 53.7 Å². The largest absolute Gasteiger partial charge is 0.395 e. The molecule has 1 aliphatic heterocycles. The predicted octanol–water partition coefficient (Wildman–Crippen LogP) is 2.71. The fourth-order valence-corrected chi connectivity index (χ4v) is 4.02. The number of pyridine rings is 1. The lowest BCUT2D eigenvalue weighted by atomic mass is 10.1. The van der Waals surface area contributed by atoms with Crippen LogP contribution in [0.2, 0.25) is 0 Å². The van der Waals surface area contributed by atoms with Gasteiger partial charge in [0.25, 0.3) is 11.8 Å². The molecule has 0 radical (unpaired) electrons. The molecule has 1 aromatic carbocycles. The average Bonchev–Trinajstić information content (AvgIpc) is 2.83. The summed E-state index contributed by atoms with van der Waals surface area (Å²) in [6.07, 6.45) is 2.62. The van der Waals surface area contributed by atoms with Crippen molar-refractivity contribution < 1.29 is 14.7 Å². The zero-order valence-electron chi connectivity index (χ0n) is 19.8. The van der Waals surface area contributed by atoms with Crippen LogP contribution in [0.5, 0.6) is 0 Å². The summed E-state index contributed by atoms with van der Waals surface area (Å²) in [5.74, 6) is 0.760. The van der Waals surface area contributed by atoms with E-state index in [1.165, 1.54) is 0 Å². The Balaban J connectivity index is 1.62. The Morgan fingerprint density at radius 1 is 1.06 bits per heavy atom. The first-order valence-corrected chi connectivity index (χ1v) is 11.7.